The summed E-state index contributed by atoms with van der Waals surface area (Å²) < 4.78 is 1.92. The van der Waals surface area contributed by atoms with Crippen LogP contribution in [0.3, 0.4) is 0 Å². The fraction of sp³-hybridized carbons (Fsp3) is 0.833. The molecule has 6 nitrogen and oxygen atoms in total. The Morgan fingerprint density at radius 2 is 2.15 bits per heavy atom. The number of carbonyl (C=O) groups is 1. The van der Waals surface area contributed by atoms with E-state index in [4.69, 9.17) is 5.53 Å². The van der Waals surface area contributed by atoms with Crippen molar-refractivity contribution in [2.75, 3.05) is 13.1 Å². The van der Waals surface area contributed by atoms with Crippen molar-refractivity contribution in [3.63, 3.8) is 0 Å². The minimum absolute atomic E-state index is 0.570. The van der Waals surface area contributed by atoms with Gasteiger partial charge in [-0.1, -0.05) is 6.42 Å². The molecule has 0 spiro atoms. The van der Waals surface area contributed by atoms with Gasteiger partial charge in [0.2, 0.25) is 0 Å². The Bertz CT molecular complexity index is 223. The maximum Gasteiger partial charge on any atom is 0.394 e. The number of azide groups is 1. The molecule has 0 aromatic carbocycles. The molecule has 1 saturated heterocycles. The molecule has 0 N–H and O–H groups in total. The Morgan fingerprint density at radius 1 is 1.46 bits per heavy atom. The van der Waals surface area contributed by atoms with E-state index in [1.807, 2.05) is 4.31 Å². The van der Waals surface area contributed by atoms with Gasteiger partial charge in [-0.25, -0.2) is 9.10 Å². The van der Waals surface area contributed by atoms with Gasteiger partial charge in [0.1, 0.15) is 5.28 Å². The molecule has 0 radical (unpaired) electrons. The highest BCUT2D eigenvalue weighted by atomic mass is 32.2. The van der Waals surface area contributed by atoms with Crippen LogP contribution in [-0.2, 0) is 4.84 Å². The van der Waals surface area contributed by atoms with Gasteiger partial charge < -0.3 is 4.84 Å². The molecule has 1 aliphatic rings. The van der Waals surface area contributed by atoms with Gasteiger partial charge >= 0.3 is 5.30 Å². The zero-order valence-corrected chi connectivity index (χ0v) is 7.87. The van der Waals surface area contributed by atoms with Crippen LogP contribution in [0.4, 0.5) is 4.79 Å². The monoisotopic (exact) mass is 202 g/mol. The quantitative estimate of drug-likeness (QED) is 0.226. The van der Waals surface area contributed by atoms with Crippen molar-refractivity contribution in [1.82, 2.24) is 4.31 Å². The van der Waals surface area contributed by atoms with Gasteiger partial charge in [-0.05, 0) is 18.4 Å². The molecule has 0 bridgehead atoms. The predicted octanol–water partition coefficient (Wildman–Crippen LogP) is 2.48. The highest BCUT2D eigenvalue weighted by molar-refractivity contribution is 8.11. The van der Waals surface area contributed by atoms with Crippen molar-refractivity contribution in [1.29, 1.82) is 0 Å². The van der Waals surface area contributed by atoms with Gasteiger partial charge in [0.05, 0.1) is 0 Å². The topological polar surface area (TPSA) is 78.3 Å². The third-order valence-corrected chi connectivity index (χ3v) is 2.52. The molecule has 1 aliphatic heterocycles. The lowest BCUT2D eigenvalue weighted by Crippen LogP contribution is -2.24. The van der Waals surface area contributed by atoms with E-state index in [9.17, 15) is 4.79 Å². The van der Waals surface area contributed by atoms with Crippen molar-refractivity contribution in [3.8, 4) is 0 Å². The molecule has 0 unspecified atom stereocenters. The van der Waals surface area contributed by atoms with Crippen molar-refractivity contribution in [2.45, 2.75) is 19.3 Å². The zero-order valence-electron chi connectivity index (χ0n) is 7.05. The van der Waals surface area contributed by atoms with Crippen LogP contribution in [0.25, 0.3) is 10.4 Å². The molecule has 0 aliphatic carbocycles. The molecule has 13 heavy (non-hydrogen) atoms. The predicted molar refractivity (Wildman–Crippen MR) is 48.6 cm³/mol. The summed E-state index contributed by atoms with van der Waals surface area (Å²) in [6.45, 7) is 1.77. The van der Waals surface area contributed by atoms with Crippen LogP contribution in [0.1, 0.15) is 19.3 Å². The van der Waals surface area contributed by atoms with Crippen LogP contribution in [0.15, 0.2) is 5.28 Å². The number of nitrogens with zero attached hydrogens (tertiary/aromatic N) is 4. The van der Waals surface area contributed by atoms with Crippen LogP contribution in [0.5, 0.6) is 0 Å². The van der Waals surface area contributed by atoms with Crippen molar-refractivity contribution < 1.29 is 9.63 Å². The third kappa shape index (κ3) is 4.02. The van der Waals surface area contributed by atoms with Gasteiger partial charge in [-0.15, -0.1) is 0 Å². The number of carbonyl (C=O) groups excluding carboxylic acids is 1. The lowest BCUT2D eigenvalue weighted by atomic mass is 10.2. The molecule has 1 rings (SSSR count). The van der Waals surface area contributed by atoms with E-state index in [2.05, 4.69) is 15.0 Å². The fourth-order valence-corrected chi connectivity index (χ4v) is 1.85. The van der Waals surface area contributed by atoms with E-state index >= 15 is 0 Å². The number of hydrogen-bond donors (Lipinski definition) is 0. The molecular weight excluding hydrogens is 192 g/mol. The maximum atomic E-state index is 10.9. The SMILES string of the molecule is [N-]=[N+]=NOC(=O)SN1CCCCC1. The van der Waals surface area contributed by atoms with Gasteiger partial charge in [0, 0.05) is 29.9 Å². The van der Waals surface area contributed by atoms with E-state index in [-0.39, 0.29) is 0 Å². The molecule has 72 valence electrons. The van der Waals surface area contributed by atoms with Crippen molar-refractivity contribution in [2.24, 2.45) is 5.28 Å². The molecule has 7 heteroatoms. The highest BCUT2D eigenvalue weighted by Gasteiger charge is 2.15. The molecule has 1 fully saturated rings. The lowest BCUT2D eigenvalue weighted by molar-refractivity contribution is 0.176. The van der Waals surface area contributed by atoms with E-state index in [0.29, 0.717) is 0 Å². The number of hydrogen-bond acceptors (Lipinski definition) is 5. The molecule has 0 aromatic heterocycles. The fourth-order valence-electron chi connectivity index (χ4n) is 1.13. The molecule has 1 heterocycles. The molecular formula is C6H10N4O2S. The molecule has 0 amide bonds. The summed E-state index contributed by atoms with van der Waals surface area (Å²) in [5.74, 6) is 0. The second-order valence-electron chi connectivity index (χ2n) is 2.59. The Morgan fingerprint density at radius 3 is 2.77 bits per heavy atom. The van der Waals surface area contributed by atoms with E-state index in [0.717, 1.165) is 37.9 Å². The van der Waals surface area contributed by atoms with Gasteiger partial charge in [-0.2, -0.15) is 0 Å². The summed E-state index contributed by atoms with van der Waals surface area (Å²) in [7, 11) is 0. The molecule has 0 saturated carbocycles. The second kappa shape index (κ2) is 5.69. The summed E-state index contributed by atoms with van der Waals surface area (Å²) in [5, 5.41) is 2.15. The van der Waals surface area contributed by atoms with Crippen LogP contribution in [-0.4, -0.2) is 22.7 Å². The van der Waals surface area contributed by atoms with Gasteiger partial charge in [-0.3, -0.25) is 0 Å². The number of piperidine rings is 1. The Balaban J connectivity index is 2.21. The van der Waals surface area contributed by atoms with Gasteiger partial charge in [0.25, 0.3) is 0 Å². The van der Waals surface area contributed by atoms with E-state index < -0.39 is 5.30 Å². The minimum atomic E-state index is -0.570. The maximum absolute atomic E-state index is 10.9. The van der Waals surface area contributed by atoms with E-state index in [1.165, 1.54) is 6.42 Å². The van der Waals surface area contributed by atoms with Crippen LogP contribution in [0, 0.1) is 0 Å². The van der Waals surface area contributed by atoms with Gasteiger partial charge in [0.15, 0.2) is 0 Å². The first kappa shape index (κ1) is 10.2. The lowest BCUT2D eigenvalue weighted by Gasteiger charge is -2.22. The summed E-state index contributed by atoms with van der Waals surface area (Å²) >= 11 is 0.968. The minimum Gasteiger partial charge on any atom is -0.349 e. The summed E-state index contributed by atoms with van der Waals surface area (Å²) in [5.41, 5.74) is 7.88. The Labute approximate surface area is 79.9 Å². The average Bonchev–Trinajstić information content (AvgIpc) is 2.16. The third-order valence-electron chi connectivity index (χ3n) is 1.67. The normalized spacial score (nSPS) is 17.5. The smallest absolute Gasteiger partial charge is 0.349 e. The standard InChI is InChI=1S/C6H10N4O2S/c7-8-9-12-6(11)13-10-4-2-1-3-5-10/h1-5H2. The summed E-state index contributed by atoms with van der Waals surface area (Å²) in [6, 6.07) is 0. The summed E-state index contributed by atoms with van der Waals surface area (Å²) in [4.78, 5) is 17.4. The Hall–Kier alpha value is -0.910. The number of rotatable bonds is 2. The first-order valence-corrected chi connectivity index (χ1v) is 4.78. The van der Waals surface area contributed by atoms with Crippen LogP contribution < -0.4 is 0 Å². The Kier molecular flexibility index (Phi) is 4.45. The van der Waals surface area contributed by atoms with Crippen molar-refractivity contribution >= 4 is 17.2 Å². The van der Waals surface area contributed by atoms with Crippen molar-refractivity contribution in [3.05, 3.63) is 10.4 Å². The first-order valence-electron chi connectivity index (χ1n) is 4.01. The first-order chi connectivity index (χ1) is 6.33. The van der Waals surface area contributed by atoms with E-state index in [1.54, 1.807) is 0 Å². The second-order valence-corrected chi connectivity index (χ2v) is 3.63. The largest absolute Gasteiger partial charge is 0.394 e. The van der Waals surface area contributed by atoms with Crippen LogP contribution in [0.2, 0.25) is 0 Å². The zero-order chi connectivity index (χ0) is 9.52. The molecule has 0 atom stereocenters. The average molecular weight is 202 g/mol. The van der Waals surface area contributed by atoms with Crippen LogP contribution >= 0.6 is 11.9 Å². The highest BCUT2D eigenvalue weighted by Crippen LogP contribution is 2.19. The molecule has 0 aromatic rings. The summed E-state index contributed by atoms with van der Waals surface area (Å²) in [6.07, 6.45) is 3.41.